The quantitative estimate of drug-likeness (QED) is 0.591. The van der Waals surface area contributed by atoms with Crippen LogP contribution in [0.1, 0.15) is 51.5 Å². The van der Waals surface area contributed by atoms with Gasteiger partial charge in [-0.15, -0.1) is 0 Å². The van der Waals surface area contributed by atoms with Gasteiger partial charge in [0.2, 0.25) is 10.0 Å². The second-order valence-corrected chi connectivity index (χ2v) is 10.3. The van der Waals surface area contributed by atoms with Crippen LogP contribution in [-0.2, 0) is 23.0 Å². The minimum atomic E-state index is -3.48. The van der Waals surface area contributed by atoms with Crippen molar-refractivity contribution in [1.82, 2.24) is 5.32 Å². The van der Waals surface area contributed by atoms with Crippen molar-refractivity contribution in [2.75, 3.05) is 10.6 Å². The molecule has 166 valence electrons. The molecule has 0 fully saturated rings. The lowest BCUT2D eigenvalue weighted by Crippen LogP contribution is -2.31. The summed E-state index contributed by atoms with van der Waals surface area (Å²) in [6, 6.07) is 22.8. The maximum absolute atomic E-state index is 12.9. The molecule has 3 aromatic rings. The summed E-state index contributed by atoms with van der Waals surface area (Å²) in [4.78, 5) is 12.9. The van der Waals surface area contributed by atoms with Crippen molar-refractivity contribution in [2.45, 2.75) is 38.8 Å². The monoisotopic (exact) mass is 448 g/mol. The fraction of sp³-hybridized carbons (Fsp3) is 0.269. The van der Waals surface area contributed by atoms with E-state index in [1.165, 1.54) is 21.7 Å². The molecule has 6 heteroatoms. The number of hydrogen-bond donors (Lipinski definition) is 1. The Hall–Kier alpha value is -3.12. The average molecular weight is 449 g/mol. The average Bonchev–Trinajstić information content (AvgIpc) is 2.78. The number of carbonyl (C=O) groups is 1. The molecule has 32 heavy (non-hydrogen) atoms. The van der Waals surface area contributed by atoms with Crippen molar-refractivity contribution in [3.63, 3.8) is 0 Å². The maximum Gasteiger partial charge on any atom is 0.251 e. The molecule has 1 aliphatic carbocycles. The third-order valence-electron chi connectivity index (χ3n) is 5.94. The molecule has 4 rings (SSSR count). The van der Waals surface area contributed by atoms with Crippen LogP contribution in [-0.4, -0.2) is 20.6 Å². The number of nitrogens with zero attached hydrogens (tertiary/aromatic N) is 1. The largest absolute Gasteiger partial charge is 0.345 e. The first-order chi connectivity index (χ1) is 15.3. The molecule has 1 N–H and O–H groups in total. The number of aryl methyl sites for hydroxylation is 2. The summed E-state index contributed by atoms with van der Waals surface area (Å²) in [6.07, 6.45) is 4.20. The Balaban J connectivity index is 1.51. The molecule has 0 aliphatic heterocycles. The number of fused-ring (bicyclic) bond motifs is 1. The standard InChI is InChI=1S/C26H28N2O3S/c1-19-10-12-20(13-11-19)18-28(32(2,30)31)23-16-14-22(15-17-23)26(29)27-25-9-5-7-21-6-3-4-8-24(21)25/h3-4,6,8,10-17,25H,5,7,9,18H2,1-2H3,(H,27,29)/t25-/m0/s1. The first kappa shape index (κ1) is 22.1. The summed E-state index contributed by atoms with van der Waals surface area (Å²) in [7, 11) is -3.48. The van der Waals surface area contributed by atoms with E-state index < -0.39 is 10.0 Å². The van der Waals surface area contributed by atoms with Crippen LogP contribution in [0.3, 0.4) is 0 Å². The second kappa shape index (κ2) is 9.17. The van der Waals surface area contributed by atoms with Gasteiger partial charge in [0.15, 0.2) is 0 Å². The minimum Gasteiger partial charge on any atom is -0.345 e. The van der Waals surface area contributed by atoms with Gasteiger partial charge in [-0.1, -0.05) is 54.1 Å². The van der Waals surface area contributed by atoms with Gasteiger partial charge < -0.3 is 5.32 Å². The van der Waals surface area contributed by atoms with E-state index in [1.54, 1.807) is 24.3 Å². The van der Waals surface area contributed by atoms with Crippen LogP contribution in [0.4, 0.5) is 5.69 Å². The highest BCUT2D eigenvalue weighted by molar-refractivity contribution is 7.92. The van der Waals surface area contributed by atoms with Crippen molar-refractivity contribution in [2.24, 2.45) is 0 Å². The fourth-order valence-corrected chi connectivity index (χ4v) is 5.07. The van der Waals surface area contributed by atoms with Crippen LogP contribution in [0, 0.1) is 6.92 Å². The van der Waals surface area contributed by atoms with Gasteiger partial charge in [-0.2, -0.15) is 0 Å². The molecule has 0 spiro atoms. The Morgan fingerprint density at radius 1 is 1.00 bits per heavy atom. The van der Waals surface area contributed by atoms with Gasteiger partial charge in [-0.05, 0) is 67.1 Å². The molecule has 1 aliphatic rings. The van der Waals surface area contributed by atoms with Crippen LogP contribution < -0.4 is 9.62 Å². The molecular weight excluding hydrogens is 420 g/mol. The molecule has 5 nitrogen and oxygen atoms in total. The van der Waals surface area contributed by atoms with Gasteiger partial charge >= 0.3 is 0 Å². The van der Waals surface area contributed by atoms with E-state index in [0.717, 1.165) is 30.4 Å². The molecule has 3 aromatic carbocycles. The predicted octanol–water partition coefficient (Wildman–Crippen LogP) is 4.77. The molecule has 0 saturated carbocycles. The summed E-state index contributed by atoms with van der Waals surface area (Å²) in [5, 5.41) is 3.14. The second-order valence-electron chi connectivity index (χ2n) is 8.42. The van der Waals surface area contributed by atoms with E-state index in [9.17, 15) is 13.2 Å². The van der Waals surface area contributed by atoms with Gasteiger partial charge in [-0.25, -0.2) is 8.42 Å². The van der Waals surface area contributed by atoms with Gasteiger partial charge in [0.05, 0.1) is 24.5 Å². The van der Waals surface area contributed by atoms with E-state index in [1.807, 2.05) is 43.3 Å². The molecule has 1 amide bonds. The number of sulfonamides is 1. The highest BCUT2D eigenvalue weighted by atomic mass is 32.2. The van der Waals surface area contributed by atoms with Gasteiger partial charge in [0, 0.05) is 5.56 Å². The van der Waals surface area contributed by atoms with Crippen molar-refractivity contribution in [1.29, 1.82) is 0 Å². The lowest BCUT2D eigenvalue weighted by atomic mass is 9.87. The summed E-state index contributed by atoms with van der Waals surface area (Å²) in [5.41, 5.74) is 5.55. The summed E-state index contributed by atoms with van der Waals surface area (Å²) >= 11 is 0. The minimum absolute atomic E-state index is 0.00109. The Bertz CT molecular complexity index is 1200. The summed E-state index contributed by atoms with van der Waals surface area (Å²) in [6.45, 7) is 2.23. The van der Waals surface area contributed by atoms with Crippen molar-refractivity contribution in [3.8, 4) is 0 Å². The van der Waals surface area contributed by atoms with Crippen molar-refractivity contribution < 1.29 is 13.2 Å². The number of nitrogens with one attached hydrogen (secondary N) is 1. The SMILES string of the molecule is Cc1ccc(CN(c2ccc(C(=O)N[C@H]3CCCc4ccccc43)cc2)S(C)(=O)=O)cc1. The zero-order valence-electron chi connectivity index (χ0n) is 18.4. The lowest BCUT2D eigenvalue weighted by Gasteiger charge is -2.26. The normalized spacial score (nSPS) is 15.6. The molecule has 0 saturated heterocycles. The smallest absolute Gasteiger partial charge is 0.251 e. The Morgan fingerprint density at radius 2 is 1.69 bits per heavy atom. The number of benzene rings is 3. The van der Waals surface area contributed by atoms with Crippen LogP contribution in [0.15, 0.2) is 72.8 Å². The Morgan fingerprint density at radius 3 is 2.38 bits per heavy atom. The van der Waals surface area contributed by atoms with E-state index in [4.69, 9.17) is 0 Å². The van der Waals surface area contributed by atoms with E-state index in [0.29, 0.717) is 11.3 Å². The zero-order chi connectivity index (χ0) is 22.7. The van der Waals surface area contributed by atoms with Crippen LogP contribution >= 0.6 is 0 Å². The summed E-state index contributed by atoms with van der Waals surface area (Å²) < 4.78 is 26.3. The molecule has 0 heterocycles. The van der Waals surface area contributed by atoms with Crippen molar-refractivity contribution in [3.05, 3.63) is 101 Å². The highest BCUT2D eigenvalue weighted by Crippen LogP contribution is 2.30. The van der Waals surface area contributed by atoms with Gasteiger partial charge in [0.1, 0.15) is 0 Å². The molecule has 0 unspecified atom stereocenters. The van der Waals surface area contributed by atoms with E-state index in [-0.39, 0.29) is 18.5 Å². The van der Waals surface area contributed by atoms with E-state index >= 15 is 0 Å². The molecule has 0 aromatic heterocycles. The van der Waals surface area contributed by atoms with E-state index in [2.05, 4.69) is 17.4 Å². The van der Waals surface area contributed by atoms with Crippen LogP contribution in [0.2, 0.25) is 0 Å². The lowest BCUT2D eigenvalue weighted by molar-refractivity contribution is 0.0932. The number of hydrogen-bond acceptors (Lipinski definition) is 3. The number of rotatable bonds is 6. The summed E-state index contributed by atoms with van der Waals surface area (Å²) in [5.74, 6) is -0.150. The molecule has 0 radical (unpaired) electrons. The third kappa shape index (κ3) is 5.02. The number of carbonyl (C=O) groups excluding carboxylic acids is 1. The molecule has 1 atom stereocenters. The van der Waals surface area contributed by atoms with Gasteiger partial charge in [-0.3, -0.25) is 9.10 Å². The van der Waals surface area contributed by atoms with Crippen molar-refractivity contribution >= 4 is 21.6 Å². The van der Waals surface area contributed by atoms with Crippen LogP contribution in [0.25, 0.3) is 0 Å². The van der Waals surface area contributed by atoms with Crippen LogP contribution in [0.5, 0.6) is 0 Å². The number of anilines is 1. The fourth-order valence-electron chi connectivity index (χ4n) is 4.18. The topological polar surface area (TPSA) is 66.5 Å². The van der Waals surface area contributed by atoms with Gasteiger partial charge in [0.25, 0.3) is 5.91 Å². The third-order valence-corrected chi connectivity index (χ3v) is 7.08. The number of amides is 1. The maximum atomic E-state index is 12.9. The highest BCUT2D eigenvalue weighted by Gasteiger charge is 2.23. The molecule has 0 bridgehead atoms. The first-order valence-electron chi connectivity index (χ1n) is 10.8. The Labute approximate surface area is 190 Å². The Kier molecular flexibility index (Phi) is 6.33. The zero-order valence-corrected chi connectivity index (χ0v) is 19.2. The first-order valence-corrected chi connectivity index (χ1v) is 12.7. The molecular formula is C26H28N2O3S. The predicted molar refractivity (Wildman–Crippen MR) is 128 cm³/mol.